The summed E-state index contributed by atoms with van der Waals surface area (Å²) in [5, 5.41) is 12.0. The Kier molecular flexibility index (Phi) is 9.10. The Morgan fingerprint density at radius 1 is 1.30 bits per heavy atom. The van der Waals surface area contributed by atoms with Gasteiger partial charge < -0.3 is 15.3 Å². The van der Waals surface area contributed by atoms with Crippen LogP contribution in [0.1, 0.15) is 19.4 Å². The lowest BCUT2D eigenvalue weighted by Crippen LogP contribution is -2.40. The second-order valence-corrected chi connectivity index (χ2v) is 8.50. The van der Waals surface area contributed by atoms with Crippen molar-refractivity contribution in [2.45, 2.75) is 26.4 Å². The minimum absolute atomic E-state index is 0.0891. The number of carboxylic acids is 1. The summed E-state index contributed by atoms with van der Waals surface area (Å²) in [4.78, 5) is 18.5. The highest BCUT2D eigenvalue weighted by atomic mass is 35.9. The molecule has 0 fully saturated rings. The molecule has 1 aromatic carbocycles. The Labute approximate surface area is 127 Å². The first-order valence-electron chi connectivity index (χ1n) is 5.83. The van der Waals surface area contributed by atoms with Gasteiger partial charge in [0, 0.05) is 6.54 Å². The molecule has 0 aliphatic carbocycles. The molecule has 0 bridgehead atoms. The van der Waals surface area contributed by atoms with E-state index in [0.29, 0.717) is 6.54 Å². The molecule has 0 aliphatic rings. The fourth-order valence-corrected chi connectivity index (χ4v) is 1.43. The zero-order chi connectivity index (χ0) is 15.8. The van der Waals surface area contributed by atoms with Crippen LogP contribution in [0.2, 0.25) is 0 Å². The molecule has 20 heavy (non-hydrogen) atoms. The average molecular weight is 342 g/mol. The molecule has 114 valence electrons. The van der Waals surface area contributed by atoms with Crippen molar-refractivity contribution in [2.24, 2.45) is 5.92 Å². The van der Waals surface area contributed by atoms with Gasteiger partial charge in [-0.15, -0.1) is 0 Å². The van der Waals surface area contributed by atoms with Crippen molar-refractivity contribution in [3.63, 3.8) is 0 Å². The lowest BCUT2D eigenvalue weighted by Gasteiger charge is -2.17. The fourth-order valence-electron chi connectivity index (χ4n) is 1.43. The predicted molar refractivity (Wildman–Crippen MR) is 81.1 cm³/mol. The molecule has 8 heteroatoms. The molecule has 0 spiro atoms. The molecule has 0 saturated carbocycles. The number of rotatable bonds is 5. The lowest BCUT2D eigenvalue weighted by molar-refractivity contribution is -0.140. The molecule has 0 aromatic heterocycles. The second kappa shape index (κ2) is 9.37. The van der Waals surface area contributed by atoms with Crippen LogP contribution in [0.5, 0.6) is 0 Å². The molecule has 3 N–H and O–H groups in total. The highest BCUT2D eigenvalue weighted by Crippen LogP contribution is 2.51. The number of nitrogens with one attached hydrogen (secondary N) is 1. The van der Waals surface area contributed by atoms with Gasteiger partial charge in [-0.1, -0.05) is 44.2 Å². The highest BCUT2D eigenvalue weighted by molar-refractivity contribution is 8.04. The van der Waals surface area contributed by atoms with Crippen LogP contribution in [-0.4, -0.2) is 22.0 Å². The normalized spacial score (nSPS) is 12.5. The fraction of sp³-hybridized carbons (Fsp3) is 0.417. The van der Waals surface area contributed by atoms with Crippen molar-refractivity contribution in [1.29, 1.82) is 0 Å². The maximum atomic E-state index is 10.9. The van der Waals surface area contributed by atoms with Crippen LogP contribution >= 0.6 is 28.6 Å². The van der Waals surface area contributed by atoms with Crippen LogP contribution in [0.3, 0.4) is 0 Å². The number of hydrogen-bond donors (Lipinski definition) is 3. The summed E-state index contributed by atoms with van der Waals surface area (Å²) < 4.78 is 9.30. The van der Waals surface area contributed by atoms with Crippen molar-refractivity contribution in [1.82, 2.24) is 5.32 Å². The van der Waals surface area contributed by atoms with Crippen LogP contribution < -0.4 is 5.32 Å². The van der Waals surface area contributed by atoms with E-state index in [0.717, 1.165) is 5.56 Å². The van der Waals surface area contributed by atoms with Crippen molar-refractivity contribution in [3.8, 4) is 0 Å². The van der Waals surface area contributed by atoms with Gasteiger partial charge in [0.1, 0.15) is 6.04 Å². The van der Waals surface area contributed by atoms with Gasteiger partial charge in [-0.25, -0.2) is 0 Å². The van der Waals surface area contributed by atoms with Gasteiger partial charge >= 0.3 is 12.0 Å². The smallest absolute Gasteiger partial charge is 0.377 e. The third-order valence-corrected chi connectivity index (χ3v) is 2.30. The van der Waals surface area contributed by atoms with E-state index in [1.165, 1.54) is 0 Å². The summed E-state index contributed by atoms with van der Waals surface area (Å²) >= 11 is 8.81. The summed E-state index contributed by atoms with van der Waals surface area (Å²) in [7, 11) is 0. The Balaban J connectivity index is 0.000000621. The summed E-state index contributed by atoms with van der Waals surface area (Å²) in [5.74, 6) is -0.702. The third kappa shape index (κ3) is 11.3. The van der Waals surface area contributed by atoms with Crippen LogP contribution in [0.25, 0.3) is 0 Å². The number of benzene rings is 1. The van der Waals surface area contributed by atoms with Crippen LogP contribution in [0.4, 0.5) is 0 Å². The monoisotopic (exact) mass is 341 g/mol. The van der Waals surface area contributed by atoms with Crippen molar-refractivity contribution in [3.05, 3.63) is 35.9 Å². The summed E-state index contributed by atoms with van der Waals surface area (Å²) in [6, 6.07) is 9.31. The zero-order valence-corrected chi connectivity index (χ0v) is 13.6. The highest BCUT2D eigenvalue weighted by Gasteiger charge is 2.20. The van der Waals surface area contributed by atoms with E-state index in [-0.39, 0.29) is 5.92 Å². The Bertz CT molecular complexity index is 442. The topological polar surface area (TPSA) is 86.6 Å². The number of hydrogen-bond acceptors (Lipinski definition) is 3. The van der Waals surface area contributed by atoms with E-state index in [4.69, 9.17) is 10.00 Å². The van der Waals surface area contributed by atoms with Crippen LogP contribution in [-0.2, 0) is 15.9 Å². The van der Waals surface area contributed by atoms with E-state index in [1.54, 1.807) is 0 Å². The molecule has 1 atom stereocenters. The van der Waals surface area contributed by atoms with Gasteiger partial charge in [0.15, 0.2) is 0 Å². The Morgan fingerprint density at radius 3 is 2.10 bits per heavy atom. The van der Waals surface area contributed by atoms with E-state index < -0.39 is 18.1 Å². The molecule has 0 saturated heterocycles. The Hall–Kier alpha value is -0.580. The van der Waals surface area contributed by atoms with E-state index in [2.05, 4.69) is 27.8 Å². The molecule has 5 nitrogen and oxygen atoms in total. The maximum Gasteiger partial charge on any atom is 0.377 e. The zero-order valence-electron chi connectivity index (χ0n) is 11.2. The molecule has 0 amide bonds. The molecule has 0 aliphatic heterocycles. The number of aliphatic carboxylic acids is 1. The van der Waals surface area contributed by atoms with Crippen molar-refractivity contribution < 1.29 is 19.4 Å². The van der Waals surface area contributed by atoms with Crippen molar-refractivity contribution in [2.75, 3.05) is 0 Å². The molecule has 1 unspecified atom stereocenters. The quantitative estimate of drug-likeness (QED) is 0.714. The van der Waals surface area contributed by atoms with Crippen LogP contribution in [0, 0.1) is 5.92 Å². The maximum absolute atomic E-state index is 10.9. The van der Waals surface area contributed by atoms with Crippen molar-refractivity contribution >= 4 is 34.5 Å². The van der Waals surface area contributed by atoms with E-state index in [9.17, 15) is 9.36 Å². The SMILES string of the molecule is CC(C)C(NCc1ccccc1)C(=O)O.O=P(O)(Cl)Cl. The predicted octanol–water partition coefficient (Wildman–Crippen LogP) is 3.45. The van der Waals surface area contributed by atoms with Gasteiger partial charge in [0.25, 0.3) is 0 Å². The third-order valence-electron chi connectivity index (χ3n) is 2.30. The largest absolute Gasteiger partial charge is 0.480 e. The molecule has 1 aromatic rings. The standard InChI is InChI=1S/C12H17NO2.Cl2HO2P/c1-9(2)11(12(14)15)13-8-10-6-4-3-5-7-10;1-5(2,3)4/h3-7,9,11,13H,8H2,1-2H3,(H,14,15);(H,3,4). The minimum atomic E-state index is -3.69. The first-order chi connectivity index (χ1) is 9.11. The van der Waals surface area contributed by atoms with Gasteiger partial charge in [-0.3, -0.25) is 9.36 Å². The molecule has 0 radical (unpaired) electrons. The van der Waals surface area contributed by atoms with E-state index >= 15 is 0 Å². The second-order valence-electron chi connectivity index (χ2n) is 4.36. The Morgan fingerprint density at radius 2 is 1.75 bits per heavy atom. The molecular weight excluding hydrogens is 324 g/mol. The number of halogens is 2. The lowest BCUT2D eigenvalue weighted by atomic mass is 10.0. The van der Waals surface area contributed by atoms with Gasteiger partial charge in [-0.2, -0.15) is 0 Å². The number of carbonyl (C=O) groups is 1. The molecule has 1 rings (SSSR count). The van der Waals surface area contributed by atoms with Gasteiger partial charge in [0.05, 0.1) is 0 Å². The van der Waals surface area contributed by atoms with Gasteiger partial charge in [0.2, 0.25) is 0 Å². The average Bonchev–Trinajstić information content (AvgIpc) is 2.27. The van der Waals surface area contributed by atoms with Gasteiger partial charge in [-0.05, 0) is 34.0 Å². The summed E-state index contributed by atoms with van der Waals surface area (Å²) in [5.41, 5.74) is 1.10. The van der Waals surface area contributed by atoms with Crippen LogP contribution in [0.15, 0.2) is 30.3 Å². The molecule has 0 heterocycles. The summed E-state index contributed by atoms with van der Waals surface area (Å²) in [6.07, 6.45) is -3.69. The first kappa shape index (κ1) is 19.4. The summed E-state index contributed by atoms with van der Waals surface area (Å²) in [6.45, 7) is 4.39. The minimum Gasteiger partial charge on any atom is -0.480 e. The molecular formula is C12H18Cl2NO4P. The van der Waals surface area contributed by atoms with E-state index in [1.807, 2.05) is 44.2 Å². The first-order valence-corrected chi connectivity index (χ1v) is 9.30. The number of carboxylic acid groups (broad SMARTS) is 1.